The van der Waals surface area contributed by atoms with Crippen LogP contribution in [-0.4, -0.2) is 35.5 Å². The summed E-state index contributed by atoms with van der Waals surface area (Å²) in [4.78, 5) is 11.1. The fourth-order valence-electron chi connectivity index (χ4n) is 2.51. The number of benzene rings is 1. The van der Waals surface area contributed by atoms with Crippen LogP contribution in [0.2, 0.25) is 0 Å². The van der Waals surface area contributed by atoms with Crippen molar-refractivity contribution < 1.29 is 19.4 Å². The van der Waals surface area contributed by atoms with Crippen molar-refractivity contribution in [3.8, 4) is 0 Å². The molecule has 0 saturated carbocycles. The summed E-state index contributed by atoms with van der Waals surface area (Å²) in [7, 11) is 0. The van der Waals surface area contributed by atoms with Gasteiger partial charge in [-0.15, -0.1) is 11.6 Å². The van der Waals surface area contributed by atoms with Gasteiger partial charge in [0.15, 0.2) is 6.10 Å². The van der Waals surface area contributed by atoms with Gasteiger partial charge in [-0.2, -0.15) is 0 Å². The first-order valence-electron chi connectivity index (χ1n) is 5.89. The van der Waals surface area contributed by atoms with E-state index in [0.717, 1.165) is 5.56 Å². The van der Waals surface area contributed by atoms with Crippen LogP contribution in [0.5, 0.6) is 0 Å². The minimum Gasteiger partial charge on any atom is -0.457 e. The third-order valence-corrected chi connectivity index (χ3v) is 3.91. The Balaban J connectivity index is 1.77. The zero-order valence-electron chi connectivity index (χ0n) is 9.53. The predicted octanol–water partition coefficient (Wildman–Crippen LogP) is 1.41. The summed E-state index contributed by atoms with van der Waals surface area (Å²) in [6.45, 7) is 0. The van der Waals surface area contributed by atoms with Crippen LogP contribution in [0.25, 0.3) is 0 Å². The molecule has 2 aliphatic rings. The summed E-state index contributed by atoms with van der Waals surface area (Å²) in [5.41, 5.74) is 0.884. The Morgan fingerprint density at radius 1 is 1.33 bits per heavy atom. The topological polar surface area (TPSA) is 55.8 Å². The van der Waals surface area contributed by atoms with Crippen molar-refractivity contribution in [1.29, 1.82) is 0 Å². The number of hydrogen-bond acceptors (Lipinski definition) is 4. The van der Waals surface area contributed by atoms with Gasteiger partial charge >= 0.3 is 5.97 Å². The molecule has 3 rings (SSSR count). The summed E-state index contributed by atoms with van der Waals surface area (Å²) >= 11 is 6.33. The van der Waals surface area contributed by atoms with Crippen LogP contribution in [0.1, 0.15) is 17.4 Å². The van der Waals surface area contributed by atoms with E-state index >= 15 is 0 Å². The number of hydrogen-bond donors (Lipinski definition) is 1. The molecule has 2 heterocycles. The molecule has 1 N–H and O–H groups in total. The van der Waals surface area contributed by atoms with Crippen molar-refractivity contribution in [2.45, 2.75) is 36.2 Å². The second-order valence-electron chi connectivity index (χ2n) is 4.60. The van der Waals surface area contributed by atoms with Crippen molar-refractivity contribution >= 4 is 17.6 Å². The smallest absolute Gasteiger partial charge is 0.309 e. The molecule has 0 radical (unpaired) electrons. The molecule has 0 unspecified atom stereocenters. The zero-order chi connectivity index (χ0) is 12.7. The lowest BCUT2D eigenvalue weighted by Crippen LogP contribution is -2.34. The van der Waals surface area contributed by atoms with E-state index in [1.165, 1.54) is 0 Å². The normalized spacial score (nSPS) is 36.2. The summed E-state index contributed by atoms with van der Waals surface area (Å²) in [5.74, 6) is -0.326. The van der Waals surface area contributed by atoms with Crippen LogP contribution in [-0.2, 0) is 14.3 Å². The molecule has 5 heteroatoms. The number of carbonyl (C=O) groups excluding carboxylic acids is 1. The summed E-state index contributed by atoms with van der Waals surface area (Å²) in [5, 5.41) is 9.67. The molecule has 1 aromatic rings. The Labute approximate surface area is 109 Å². The SMILES string of the molecule is O=C1C[C@H]2O[C@H]([C@H](Cl)c3ccccc3)[C@H](O)[C@H]2O1. The van der Waals surface area contributed by atoms with E-state index in [0.29, 0.717) is 0 Å². The fraction of sp³-hybridized carbons (Fsp3) is 0.462. The van der Waals surface area contributed by atoms with Crippen molar-refractivity contribution in [2.24, 2.45) is 0 Å². The average molecular weight is 269 g/mol. The number of alkyl halides is 1. The van der Waals surface area contributed by atoms with E-state index in [-0.39, 0.29) is 18.5 Å². The zero-order valence-corrected chi connectivity index (χ0v) is 10.3. The molecule has 1 aromatic carbocycles. The van der Waals surface area contributed by atoms with Gasteiger partial charge in [-0.3, -0.25) is 4.79 Å². The first kappa shape index (κ1) is 12.0. The number of halogens is 1. The quantitative estimate of drug-likeness (QED) is 0.651. The Hall–Kier alpha value is -1.10. The molecule has 18 heavy (non-hydrogen) atoms. The maximum Gasteiger partial charge on any atom is 0.309 e. The summed E-state index contributed by atoms with van der Waals surface area (Å²) in [6.07, 6.45) is -2.17. The molecule has 4 nitrogen and oxygen atoms in total. The average Bonchev–Trinajstić information content (AvgIpc) is 2.88. The lowest BCUT2D eigenvalue weighted by molar-refractivity contribution is -0.145. The van der Waals surface area contributed by atoms with Crippen molar-refractivity contribution in [3.05, 3.63) is 35.9 Å². The molecular formula is C13H13ClO4. The van der Waals surface area contributed by atoms with Crippen LogP contribution in [0.3, 0.4) is 0 Å². The monoisotopic (exact) mass is 268 g/mol. The first-order valence-corrected chi connectivity index (χ1v) is 6.32. The lowest BCUT2D eigenvalue weighted by atomic mass is 10.0. The van der Waals surface area contributed by atoms with Crippen molar-refractivity contribution in [2.75, 3.05) is 0 Å². The first-order chi connectivity index (χ1) is 8.66. The molecule has 0 bridgehead atoms. The van der Waals surface area contributed by atoms with Gasteiger partial charge in [0.2, 0.25) is 0 Å². The van der Waals surface area contributed by atoms with E-state index in [1.807, 2.05) is 30.3 Å². The number of carbonyl (C=O) groups is 1. The minimum atomic E-state index is -0.871. The number of rotatable bonds is 2. The molecule has 96 valence electrons. The molecular weight excluding hydrogens is 256 g/mol. The highest BCUT2D eigenvalue weighted by Crippen LogP contribution is 2.39. The highest BCUT2D eigenvalue weighted by atomic mass is 35.5. The van der Waals surface area contributed by atoms with Crippen molar-refractivity contribution in [3.63, 3.8) is 0 Å². The van der Waals surface area contributed by atoms with E-state index < -0.39 is 23.7 Å². The molecule has 5 atom stereocenters. The predicted molar refractivity (Wildman–Crippen MR) is 64.2 cm³/mol. The standard InChI is InChI=1S/C13H13ClO4/c14-10(7-4-2-1-3-5-7)13-11(16)12-8(17-13)6-9(15)18-12/h1-5,8,10-13,16H,6H2/t8-,10-,11-,12+,13-/m1/s1. The number of esters is 1. The van der Waals surface area contributed by atoms with E-state index in [1.54, 1.807) is 0 Å². The fourth-order valence-corrected chi connectivity index (χ4v) is 2.86. The molecule has 0 amide bonds. The Morgan fingerprint density at radius 3 is 2.72 bits per heavy atom. The third-order valence-electron chi connectivity index (χ3n) is 3.41. The molecule has 2 aliphatic heterocycles. The van der Waals surface area contributed by atoms with Crippen molar-refractivity contribution in [1.82, 2.24) is 0 Å². The van der Waals surface area contributed by atoms with E-state index in [2.05, 4.69) is 0 Å². The highest BCUT2D eigenvalue weighted by molar-refractivity contribution is 6.21. The molecule has 0 spiro atoms. The molecule has 2 fully saturated rings. The van der Waals surface area contributed by atoms with Crippen LogP contribution < -0.4 is 0 Å². The molecule has 0 aromatic heterocycles. The van der Waals surface area contributed by atoms with Gasteiger partial charge in [-0.25, -0.2) is 0 Å². The van der Waals surface area contributed by atoms with Crippen LogP contribution in [0, 0.1) is 0 Å². The van der Waals surface area contributed by atoms with Gasteiger partial charge in [0.25, 0.3) is 0 Å². The van der Waals surface area contributed by atoms with Crippen LogP contribution >= 0.6 is 11.6 Å². The molecule has 0 aliphatic carbocycles. The number of aliphatic hydroxyl groups is 1. The van der Waals surface area contributed by atoms with E-state index in [9.17, 15) is 9.90 Å². The van der Waals surface area contributed by atoms with Gasteiger partial charge < -0.3 is 14.6 Å². The Morgan fingerprint density at radius 2 is 2.06 bits per heavy atom. The molecule has 2 saturated heterocycles. The van der Waals surface area contributed by atoms with Crippen LogP contribution in [0.4, 0.5) is 0 Å². The van der Waals surface area contributed by atoms with Gasteiger partial charge in [0.05, 0.1) is 11.8 Å². The Bertz CT molecular complexity index is 450. The second-order valence-corrected chi connectivity index (χ2v) is 5.07. The third kappa shape index (κ3) is 1.90. The summed E-state index contributed by atoms with van der Waals surface area (Å²) in [6, 6.07) is 9.43. The van der Waals surface area contributed by atoms with Gasteiger partial charge in [-0.1, -0.05) is 30.3 Å². The number of fused-ring (bicyclic) bond motifs is 1. The summed E-state index contributed by atoms with van der Waals surface area (Å²) < 4.78 is 10.7. The highest BCUT2D eigenvalue weighted by Gasteiger charge is 2.53. The maximum absolute atomic E-state index is 11.1. The van der Waals surface area contributed by atoms with E-state index in [4.69, 9.17) is 21.1 Å². The largest absolute Gasteiger partial charge is 0.457 e. The minimum absolute atomic E-state index is 0.191. The second kappa shape index (κ2) is 4.53. The Kier molecular flexibility index (Phi) is 3.01. The number of aliphatic hydroxyl groups excluding tert-OH is 1. The van der Waals surface area contributed by atoms with Crippen LogP contribution in [0.15, 0.2) is 30.3 Å². The lowest BCUT2D eigenvalue weighted by Gasteiger charge is -2.21. The van der Waals surface area contributed by atoms with Gasteiger partial charge in [0.1, 0.15) is 18.3 Å². The number of ether oxygens (including phenoxy) is 2. The maximum atomic E-state index is 11.1. The van der Waals surface area contributed by atoms with Gasteiger partial charge in [-0.05, 0) is 5.56 Å². The van der Waals surface area contributed by atoms with Gasteiger partial charge in [0, 0.05) is 0 Å².